The van der Waals surface area contributed by atoms with Crippen molar-refractivity contribution in [2.75, 3.05) is 13.1 Å². The molecule has 0 aromatic carbocycles. The summed E-state index contributed by atoms with van der Waals surface area (Å²) < 4.78 is 63.8. The first-order valence-corrected chi connectivity index (χ1v) is 7.23. The number of nitrogens with one attached hydrogen (secondary N) is 1. The van der Waals surface area contributed by atoms with Crippen molar-refractivity contribution in [3.63, 3.8) is 0 Å². The summed E-state index contributed by atoms with van der Waals surface area (Å²) in [6.45, 7) is 2.73. The van der Waals surface area contributed by atoms with Gasteiger partial charge in [-0.25, -0.2) is 13.8 Å². The van der Waals surface area contributed by atoms with E-state index in [-0.39, 0.29) is 12.4 Å². The first-order valence-electron chi connectivity index (χ1n) is 7.23. The lowest BCUT2D eigenvalue weighted by Gasteiger charge is -2.36. The van der Waals surface area contributed by atoms with Crippen molar-refractivity contribution in [1.29, 1.82) is 0 Å². The van der Waals surface area contributed by atoms with Gasteiger partial charge in [-0.15, -0.1) is 0 Å². The number of nitrogens with zero attached hydrogens (tertiary/aromatic N) is 2. The lowest BCUT2D eigenvalue weighted by atomic mass is 9.89. The Morgan fingerprint density at radius 3 is 2.57 bits per heavy atom. The van der Waals surface area contributed by atoms with E-state index >= 15 is 0 Å². The van der Waals surface area contributed by atoms with Crippen LogP contribution in [0.15, 0.2) is 6.20 Å². The van der Waals surface area contributed by atoms with Crippen molar-refractivity contribution in [2.45, 2.75) is 45.2 Å². The van der Waals surface area contributed by atoms with Crippen LogP contribution in [0, 0.1) is 5.41 Å². The van der Waals surface area contributed by atoms with Crippen LogP contribution in [0.5, 0.6) is 0 Å². The van der Waals surface area contributed by atoms with Crippen LogP contribution >= 0.6 is 0 Å². The number of amides is 1. The molecular formula is C14H18F5N3O. The molecule has 1 saturated heterocycles. The van der Waals surface area contributed by atoms with Crippen molar-refractivity contribution in [2.24, 2.45) is 5.41 Å². The second-order valence-corrected chi connectivity index (χ2v) is 6.29. The summed E-state index contributed by atoms with van der Waals surface area (Å²) in [5, 5.41) is 0. The minimum Gasteiger partial charge on any atom is -0.341 e. The molecule has 0 radical (unpaired) electrons. The number of piperidine rings is 1. The molecule has 130 valence electrons. The molecule has 1 aromatic rings. The Labute approximate surface area is 130 Å². The van der Waals surface area contributed by atoms with Crippen LogP contribution in [-0.4, -0.2) is 40.3 Å². The number of aromatic amines is 1. The average molecular weight is 339 g/mol. The molecule has 1 aliphatic heterocycles. The standard InChI is InChI=1S/C14H18F5N3O/c1-13(2,11(15)16)12(23)22-5-3-4-8(7-22)10-20-6-9(21-10)14(17,18)19/h6,8,11H,3-5,7H2,1-2H3,(H,20,21)/t8-/m0/s1. The Balaban J connectivity index is 2.12. The van der Waals surface area contributed by atoms with E-state index < -0.39 is 35.5 Å². The maximum Gasteiger partial charge on any atom is 0.432 e. The second kappa shape index (κ2) is 6.09. The average Bonchev–Trinajstić information content (AvgIpc) is 2.96. The number of imidazole rings is 1. The van der Waals surface area contributed by atoms with Crippen LogP contribution in [0.4, 0.5) is 22.0 Å². The maximum atomic E-state index is 13.0. The molecule has 1 atom stereocenters. The fraction of sp³-hybridized carbons (Fsp3) is 0.714. The van der Waals surface area contributed by atoms with Gasteiger partial charge in [0, 0.05) is 19.0 Å². The van der Waals surface area contributed by atoms with Crippen molar-refractivity contribution in [3.8, 4) is 0 Å². The third kappa shape index (κ3) is 3.64. The van der Waals surface area contributed by atoms with E-state index in [1.54, 1.807) is 0 Å². The zero-order valence-corrected chi connectivity index (χ0v) is 12.8. The summed E-state index contributed by atoms with van der Waals surface area (Å²) in [6.07, 6.45) is -5.55. The monoisotopic (exact) mass is 339 g/mol. The van der Waals surface area contributed by atoms with Gasteiger partial charge in [-0.2, -0.15) is 13.2 Å². The number of hydrogen-bond donors (Lipinski definition) is 1. The molecule has 1 fully saturated rings. The number of hydrogen-bond acceptors (Lipinski definition) is 2. The molecule has 4 nitrogen and oxygen atoms in total. The van der Waals surface area contributed by atoms with Gasteiger partial charge < -0.3 is 9.88 Å². The van der Waals surface area contributed by atoms with E-state index in [0.29, 0.717) is 25.6 Å². The smallest absolute Gasteiger partial charge is 0.341 e. The minimum absolute atomic E-state index is 0.0831. The maximum absolute atomic E-state index is 13.0. The molecule has 1 amide bonds. The fourth-order valence-corrected chi connectivity index (χ4v) is 2.57. The van der Waals surface area contributed by atoms with Crippen LogP contribution in [0.3, 0.4) is 0 Å². The molecule has 0 saturated carbocycles. The van der Waals surface area contributed by atoms with Gasteiger partial charge >= 0.3 is 6.18 Å². The molecular weight excluding hydrogens is 321 g/mol. The Morgan fingerprint density at radius 2 is 2.04 bits per heavy atom. The summed E-state index contributed by atoms with van der Waals surface area (Å²) in [7, 11) is 0. The van der Waals surface area contributed by atoms with E-state index in [0.717, 1.165) is 13.8 Å². The van der Waals surface area contributed by atoms with Crippen molar-refractivity contribution >= 4 is 5.91 Å². The van der Waals surface area contributed by atoms with Crippen LogP contribution < -0.4 is 0 Å². The van der Waals surface area contributed by atoms with Crippen molar-refractivity contribution in [3.05, 3.63) is 17.7 Å². The predicted molar refractivity (Wildman–Crippen MR) is 71.9 cm³/mol. The highest BCUT2D eigenvalue weighted by Crippen LogP contribution is 2.33. The predicted octanol–water partition coefficient (Wildman–Crippen LogP) is 3.43. The SMILES string of the molecule is CC(C)(C(=O)N1CCC[C@H](c2ncc(C(F)(F)F)[nH]2)C1)C(F)F. The summed E-state index contributed by atoms with van der Waals surface area (Å²) in [4.78, 5) is 19.5. The quantitative estimate of drug-likeness (QED) is 0.858. The van der Waals surface area contributed by atoms with Gasteiger partial charge in [-0.3, -0.25) is 4.79 Å². The number of H-pyrrole nitrogens is 1. The molecule has 0 spiro atoms. The number of rotatable bonds is 3. The van der Waals surface area contributed by atoms with Crippen LogP contribution in [0.2, 0.25) is 0 Å². The van der Waals surface area contributed by atoms with E-state index in [9.17, 15) is 26.7 Å². The lowest BCUT2D eigenvalue weighted by molar-refractivity contribution is -0.150. The topological polar surface area (TPSA) is 49.0 Å². The number of carbonyl (C=O) groups excluding carboxylic acids is 1. The van der Waals surface area contributed by atoms with E-state index in [2.05, 4.69) is 9.97 Å². The number of carbonyl (C=O) groups is 1. The Morgan fingerprint density at radius 1 is 1.39 bits per heavy atom. The highest BCUT2D eigenvalue weighted by molar-refractivity contribution is 5.82. The first kappa shape index (κ1) is 17.7. The van der Waals surface area contributed by atoms with E-state index in [4.69, 9.17) is 0 Å². The third-order valence-corrected chi connectivity index (χ3v) is 4.09. The molecule has 0 bridgehead atoms. The number of halogens is 5. The van der Waals surface area contributed by atoms with Crippen LogP contribution in [0.25, 0.3) is 0 Å². The van der Waals surface area contributed by atoms with Crippen LogP contribution in [-0.2, 0) is 11.0 Å². The third-order valence-electron chi connectivity index (χ3n) is 4.09. The number of alkyl halides is 5. The van der Waals surface area contributed by atoms with E-state index in [1.807, 2.05) is 0 Å². The summed E-state index contributed by atoms with van der Waals surface area (Å²) in [5.41, 5.74) is -2.77. The molecule has 1 aromatic heterocycles. The van der Waals surface area contributed by atoms with Gasteiger partial charge in [0.15, 0.2) is 0 Å². The Bertz CT molecular complexity index is 567. The minimum atomic E-state index is -4.52. The molecule has 0 aliphatic carbocycles. The normalized spacial score (nSPS) is 20.2. The number of aromatic nitrogens is 2. The largest absolute Gasteiger partial charge is 0.432 e. The number of likely N-dealkylation sites (tertiary alicyclic amines) is 1. The molecule has 2 heterocycles. The van der Waals surface area contributed by atoms with Gasteiger partial charge in [0.05, 0.1) is 6.20 Å². The Kier molecular flexibility index (Phi) is 4.68. The molecule has 0 unspecified atom stereocenters. The molecule has 1 aliphatic rings. The zero-order valence-electron chi connectivity index (χ0n) is 12.8. The highest BCUT2D eigenvalue weighted by atomic mass is 19.4. The van der Waals surface area contributed by atoms with Crippen molar-refractivity contribution in [1.82, 2.24) is 14.9 Å². The van der Waals surface area contributed by atoms with Gasteiger partial charge in [0.1, 0.15) is 16.9 Å². The summed E-state index contributed by atoms with van der Waals surface area (Å²) >= 11 is 0. The van der Waals surface area contributed by atoms with Crippen LogP contribution in [0.1, 0.15) is 44.1 Å². The molecule has 23 heavy (non-hydrogen) atoms. The highest BCUT2D eigenvalue weighted by Gasteiger charge is 2.42. The van der Waals surface area contributed by atoms with E-state index in [1.165, 1.54) is 4.90 Å². The molecule has 2 rings (SSSR count). The molecule has 9 heteroatoms. The zero-order chi connectivity index (χ0) is 17.4. The fourth-order valence-electron chi connectivity index (χ4n) is 2.57. The van der Waals surface area contributed by atoms with Gasteiger partial charge in [0.25, 0.3) is 6.43 Å². The molecule has 1 N–H and O–H groups in total. The van der Waals surface area contributed by atoms with Crippen molar-refractivity contribution < 1.29 is 26.7 Å². The lowest BCUT2D eigenvalue weighted by Crippen LogP contribution is -2.48. The van der Waals surface area contributed by atoms with Gasteiger partial charge in [0.2, 0.25) is 5.91 Å². The van der Waals surface area contributed by atoms with Gasteiger partial charge in [-0.05, 0) is 26.7 Å². The summed E-state index contributed by atoms with van der Waals surface area (Å²) in [6, 6.07) is 0. The first-order chi connectivity index (χ1) is 10.5. The second-order valence-electron chi connectivity index (χ2n) is 6.29. The summed E-state index contributed by atoms with van der Waals surface area (Å²) in [5.74, 6) is -0.984. The van der Waals surface area contributed by atoms with Gasteiger partial charge in [-0.1, -0.05) is 0 Å². The Hall–Kier alpha value is -1.67.